The summed E-state index contributed by atoms with van der Waals surface area (Å²) in [5, 5.41) is 9.66. The highest BCUT2D eigenvalue weighted by atomic mass is 79.9. The number of halogens is 2. The number of likely N-dealkylation sites (N-methyl/N-ethyl adjacent to an activating group) is 1. The molecule has 0 aromatic heterocycles. The highest BCUT2D eigenvalue weighted by Gasteiger charge is 2.39. The fourth-order valence-electron chi connectivity index (χ4n) is 3.56. The van der Waals surface area contributed by atoms with Crippen molar-refractivity contribution in [3.8, 4) is 5.75 Å². The predicted molar refractivity (Wildman–Crippen MR) is 124 cm³/mol. The molecule has 3 rings (SSSR count). The lowest BCUT2D eigenvalue weighted by Gasteiger charge is -2.37. The molecule has 3 atom stereocenters. The summed E-state index contributed by atoms with van der Waals surface area (Å²) in [5.41, 5.74) is 0. The lowest BCUT2D eigenvalue weighted by atomic mass is 10.0. The second-order valence-electron chi connectivity index (χ2n) is 8.07. The second-order valence-corrected chi connectivity index (χ2v) is 12.9. The van der Waals surface area contributed by atoms with Crippen molar-refractivity contribution in [1.29, 1.82) is 0 Å². The Bertz CT molecular complexity index is 1210. The zero-order valence-corrected chi connectivity index (χ0v) is 21.6. The molecular formula is C21H26BrFN2O6S2. The van der Waals surface area contributed by atoms with Gasteiger partial charge in [0.25, 0.3) is 0 Å². The molecule has 2 aromatic carbocycles. The first-order valence-corrected chi connectivity index (χ1v) is 13.9. The number of hydrogen-bond acceptors (Lipinski definition) is 6. The summed E-state index contributed by atoms with van der Waals surface area (Å²) in [6, 6.07) is 8.35. The Hall–Kier alpha value is -1.57. The maximum atomic E-state index is 13.3. The van der Waals surface area contributed by atoms with Gasteiger partial charge in [0, 0.05) is 30.0 Å². The van der Waals surface area contributed by atoms with E-state index >= 15 is 0 Å². The number of ether oxygens (including phenoxy) is 1. The number of nitrogens with zero attached hydrogens (tertiary/aromatic N) is 2. The van der Waals surface area contributed by atoms with Gasteiger partial charge in [-0.05, 0) is 49.4 Å². The Kier molecular flexibility index (Phi) is 7.86. The molecule has 0 saturated carbocycles. The van der Waals surface area contributed by atoms with E-state index in [1.165, 1.54) is 35.6 Å². The molecule has 0 bridgehead atoms. The molecule has 1 heterocycles. The molecule has 0 fully saturated rings. The topological polar surface area (TPSA) is 104 Å². The normalized spacial score (nSPS) is 22.2. The SMILES string of the molecule is C[C@@H]1CN([C@@H](C)CO)S(=O)(=O)c2ccc(Br)cc2O[C@@H]1CN(C)S(=O)(=O)c1ccc(F)cc1. The van der Waals surface area contributed by atoms with Gasteiger partial charge in [0.2, 0.25) is 20.0 Å². The monoisotopic (exact) mass is 564 g/mol. The third-order valence-electron chi connectivity index (χ3n) is 5.59. The lowest BCUT2D eigenvalue weighted by molar-refractivity contribution is 0.0904. The number of sulfonamides is 2. The molecule has 0 aliphatic carbocycles. The van der Waals surface area contributed by atoms with E-state index in [9.17, 15) is 26.3 Å². The summed E-state index contributed by atoms with van der Waals surface area (Å²) in [6.07, 6.45) is -0.706. The van der Waals surface area contributed by atoms with E-state index < -0.39 is 43.9 Å². The zero-order valence-electron chi connectivity index (χ0n) is 18.4. The van der Waals surface area contributed by atoms with Crippen molar-refractivity contribution < 1.29 is 31.1 Å². The predicted octanol–water partition coefficient (Wildman–Crippen LogP) is 2.68. The molecule has 0 unspecified atom stereocenters. The summed E-state index contributed by atoms with van der Waals surface area (Å²) >= 11 is 3.32. The molecule has 12 heteroatoms. The van der Waals surface area contributed by atoms with E-state index in [1.54, 1.807) is 19.9 Å². The number of fused-ring (bicyclic) bond motifs is 1. The first-order valence-electron chi connectivity index (χ1n) is 10.2. The Morgan fingerprint density at radius 2 is 1.91 bits per heavy atom. The van der Waals surface area contributed by atoms with Gasteiger partial charge in [-0.2, -0.15) is 8.61 Å². The van der Waals surface area contributed by atoms with E-state index in [0.717, 1.165) is 16.4 Å². The van der Waals surface area contributed by atoms with E-state index in [1.807, 2.05) is 0 Å². The summed E-state index contributed by atoms with van der Waals surface area (Å²) in [5.74, 6) is -0.884. The fourth-order valence-corrected chi connectivity index (χ4v) is 6.90. The largest absolute Gasteiger partial charge is 0.487 e. The fraction of sp³-hybridized carbons (Fsp3) is 0.429. The van der Waals surface area contributed by atoms with Gasteiger partial charge in [-0.3, -0.25) is 0 Å². The molecule has 8 nitrogen and oxygen atoms in total. The van der Waals surface area contributed by atoms with Crippen molar-refractivity contribution in [1.82, 2.24) is 8.61 Å². The summed E-state index contributed by atoms with van der Waals surface area (Å²) < 4.78 is 74.9. The van der Waals surface area contributed by atoms with Crippen LogP contribution >= 0.6 is 15.9 Å². The van der Waals surface area contributed by atoms with Crippen LogP contribution in [0.5, 0.6) is 5.75 Å². The Morgan fingerprint density at radius 1 is 1.27 bits per heavy atom. The number of benzene rings is 2. The molecule has 1 aliphatic heterocycles. The van der Waals surface area contributed by atoms with Crippen LogP contribution in [0.1, 0.15) is 13.8 Å². The van der Waals surface area contributed by atoms with Gasteiger partial charge in [-0.15, -0.1) is 0 Å². The van der Waals surface area contributed by atoms with Crippen LogP contribution in [0.4, 0.5) is 4.39 Å². The van der Waals surface area contributed by atoms with Crippen LogP contribution in [-0.2, 0) is 20.0 Å². The van der Waals surface area contributed by atoms with Gasteiger partial charge >= 0.3 is 0 Å². The Morgan fingerprint density at radius 3 is 2.52 bits per heavy atom. The average molecular weight is 565 g/mol. The summed E-state index contributed by atoms with van der Waals surface area (Å²) in [7, 11) is -6.52. The number of rotatable bonds is 6. The van der Waals surface area contributed by atoms with Crippen molar-refractivity contribution in [2.45, 2.75) is 35.8 Å². The first-order chi connectivity index (χ1) is 15.4. The minimum atomic E-state index is -3.97. The minimum Gasteiger partial charge on any atom is -0.487 e. The van der Waals surface area contributed by atoms with Gasteiger partial charge in [-0.25, -0.2) is 21.2 Å². The molecule has 1 aliphatic rings. The van der Waals surface area contributed by atoms with E-state index in [4.69, 9.17) is 4.74 Å². The van der Waals surface area contributed by atoms with Crippen LogP contribution in [0.2, 0.25) is 0 Å². The molecule has 0 radical (unpaired) electrons. The highest BCUT2D eigenvalue weighted by molar-refractivity contribution is 9.10. The molecule has 182 valence electrons. The van der Waals surface area contributed by atoms with Crippen LogP contribution in [0.25, 0.3) is 0 Å². The quantitative estimate of drug-likeness (QED) is 0.578. The van der Waals surface area contributed by atoms with Crippen LogP contribution < -0.4 is 4.74 Å². The maximum Gasteiger partial charge on any atom is 0.247 e. The summed E-state index contributed by atoms with van der Waals surface area (Å²) in [6.45, 7) is 2.94. The van der Waals surface area contributed by atoms with Crippen LogP contribution in [0.3, 0.4) is 0 Å². The molecular weight excluding hydrogens is 539 g/mol. The Balaban J connectivity index is 2.00. The Labute approximate surface area is 202 Å². The van der Waals surface area contributed by atoms with E-state index in [0.29, 0.717) is 4.47 Å². The zero-order chi connectivity index (χ0) is 24.6. The molecule has 33 heavy (non-hydrogen) atoms. The number of hydrogen-bond donors (Lipinski definition) is 1. The van der Waals surface area contributed by atoms with Gasteiger partial charge in [-0.1, -0.05) is 22.9 Å². The van der Waals surface area contributed by atoms with E-state index in [2.05, 4.69) is 15.9 Å². The van der Waals surface area contributed by atoms with Gasteiger partial charge in [0.15, 0.2) is 0 Å². The molecule has 0 saturated heterocycles. The summed E-state index contributed by atoms with van der Waals surface area (Å²) in [4.78, 5) is -0.127. The third-order valence-corrected chi connectivity index (χ3v) is 9.94. The van der Waals surface area contributed by atoms with Gasteiger partial charge < -0.3 is 9.84 Å². The van der Waals surface area contributed by atoms with Crippen molar-refractivity contribution >= 4 is 36.0 Å². The number of aliphatic hydroxyl groups is 1. The van der Waals surface area contributed by atoms with Crippen molar-refractivity contribution in [3.05, 3.63) is 52.8 Å². The number of aliphatic hydroxyl groups excluding tert-OH is 1. The van der Waals surface area contributed by atoms with Crippen molar-refractivity contribution in [2.75, 3.05) is 26.7 Å². The van der Waals surface area contributed by atoms with Gasteiger partial charge in [0.05, 0.1) is 18.0 Å². The van der Waals surface area contributed by atoms with Crippen molar-refractivity contribution in [2.24, 2.45) is 5.92 Å². The molecule has 0 spiro atoms. The second kappa shape index (κ2) is 9.96. The maximum absolute atomic E-state index is 13.3. The molecule has 2 aromatic rings. The average Bonchev–Trinajstić information content (AvgIpc) is 2.75. The first kappa shape index (κ1) is 26.0. The third kappa shape index (κ3) is 5.41. The standard InChI is InChI=1S/C21H26BrFN2O6S2/c1-14-11-25(15(2)13-26)33(29,30)21-9-4-16(22)10-19(21)31-20(14)12-24(3)32(27,28)18-7-5-17(23)6-8-18/h4-10,14-15,20,26H,11-13H2,1-3H3/t14-,15+,20-/m1/s1. The van der Waals surface area contributed by atoms with Crippen molar-refractivity contribution in [3.63, 3.8) is 0 Å². The van der Waals surface area contributed by atoms with Gasteiger partial charge in [0.1, 0.15) is 22.6 Å². The molecule has 0 amide bonds. The van der Waals surface area contributed by atoms with Crippen LogP contribution in [-0.4, -0.2) is 69.4 Å². The smallest absolute Gasteiger partial charge is 0.247 e. The lowest BCUT2D eigenvalue weighted by Crippen LogP contribution is -2.50. The van der Waals surface area contributed by atoms with Crippen LogP contribution in [0.15, 0.2) is 56.7 Å². The highest BCUT2D eigenvalue weighted by Crippen LogP contribution is 2.35. The molecule has 1 N–H and O–H groups in total. The minimum absolute atomic E-state index is 0.0225. The van der Waals surface area contributed by atoms with Crippen LogP contribution in [0, 0.1) is 11.7 Å². The van der Waals surface area contributed by atoms with E-state index in [-0.39, 0.29) is 35.2 Å².